The van der Waals surface area contributed by atoms with E-state index >= 15 is 0 Å². The number of halogens is 2. The van der Waals surface area contributed by atoms with Crippen molar-refractivity contribution >= 4 is 76.3 Å². The number of hydrogen-bond donors (Lipinski definition) is 0. The van der Waals surface area contributed by atoms with Crippen LogP contribution in [-0.4, -0.2) is 8.75 Å². The largest absolute Gasteiger partial charge is 0.234 e. The fraction of sp³-hybridized carbons (Fsp3) is 0. The van der Waals surface area contributed by atoms with Crippen LogP contribution in [0.3, 0.4) is 0 Å². The summed E-state index contributed by atoms with van der Waals surface area (Å²) >= 11 is 11.8. The maximum atomic E-state index is 5.91. The quantitative estimate of drug-likeness (QED) is 0.616. The molecule has 0 aliphatic rings. The van der Waals surface area contributed by atoms with Gasteiger partial charge in [-0.25, -0.2) is 9.98 Å². The van der Waals surface area contributed by atoms with Gasteiger partial charge in [0, 0.05) is 21.1 Å². The van der Waals surface area contributed by atoms with Crippen LogP contribution in [-0.2, 0) is 0 Å². The summed E-state index contributed by atoms with van der Waals surface area (Å²) in [4.78, 5) is 8.83. The van der Waals surface area contributed by atoms with Gasteiger partial charge in [-0.3, -0.25) is 0 Å². The van der Waals surface area contributed by atoms with Gasteiger partial charge in [0.1, 0.15) is 0 Å². The van der Waals surface area contributed by atoms with E-state index < -0.39 is 0 Å². The Labute approximate surface area is 138 Å². The Morgan fingerprint density at radius 3 is 1.45 bits per heavy atom. The number of aromatic nitrogens is 2. The van der Waals surface area contributed by atoms with Gasteiger partial charge < -0.3 is 0 Å². The van der Waals surface area contributed by atoms with Gasteiger partial charge in [-0.2, -0.15) is 8.75 Å². The molecule has 0 saturated heterocycles. The molecule has 0 fully saturated rings. The Morgan fingerprint density at radius 1 is 0.750 bits per heavy atom. The zero-order valence-corrected chi connectivity index (χ0v) is 14.3. The van der Waals surface area contributed by atoms with Crippen molar-refractivity contribution in [2.45, 2.75) is 0 Å². The molecule has 0 aliphatic carbocycles. The van der Waals surface area contributed by atoms with Crippen LogP contribution < -0.4 is 9.34 Å². The molecule has 2 heterocycles. The second-order valence-electron chi connectivity index (χ2n) is 3.43. The van der Waals surface area contributed by atoms with E-state index in [-0.39, 0.29) is 0 Å². The van der Waals surface area contributed by atoms with Crippen LogP contribution in [0.2, 0.25) is 10.3 Å². The molecule has 4 nitrogen and oxygen atoms in total. The molecule has 0 atom stereocenters. The van der Waals surface area contributed by atoms with Crippen molar-refractivity contribution in [3.05, 3.63) is 43.9 Å². The summed E-state index contributed by atoms with van der Waals surface area (Å²) in [6.07, 6.45) is 0. The van der Waals surface area contributed by atoms with Gasteiger partial charge in [-0.15, -0.1) is 0 Å². The van der Waals surface area contributed by atoms with E-state index in [1.54, 1.807) is 0 Å². The second kappa shape index (κ2) is 6.42. The first kappa shape index (κ1) is 14.3. The summed E-state index contributed by atoms with van der Waals surface area (Å²) in [6.45, 7) is 0. The fourth-order valence-electron chi connectivity index (χ4n) is 1.29. The van der Waals surface area contributed by atoms with Crippen molar-refractivity contribution in [3.8, 4) is 0 Å². The van der Waals surface area contributed by atoms with Gasteiger partial charge in [0.25, 0.3) is 0 Å². The summed E-state index contributed by atoms with van der Waals surface area (Å²) in [6, 6.07) is 7.49. The lowest BCUT2D eigenvalue weighted by atomic mass is 10.3. The maximum Gasteiger partial charge on any atom is 0.179 e. The highest BCUT2D eigenvalue weighted by Crippen LogP contribution is 2.19. The molecule has 0 aliphatic heterocycles. The van der Waals surface area contributed by atoms with E-state index in [1.165, 1.54) is 41.8 Å². The zero-order chi connectivity index (χ0) is 13.9. The summed E-state index contributed by atoms with van der Waals surface area (Å²) in [5.74, 6) is 0. The van der Waals surface area contributed by atoms with E-state index in [1.807, 2.05) is 24.3 Å². The van der Waals surface area contributed by atoms with Gasteiger partial charge >= 0.3 is 0 Å². The SMILES string of the molecule is Clc1nssc1=Nc1ccc(N=c2ssnc2Cl)cc1. The van der Waals surface area contributed by atoms with Crippen LogP contribution in [0.5, 0.6) is 0 Å². The van der Waals surface area contributed by atoms with E-state index in [9.17, 15) is 0 Å². The standard InChI is InChI=1S/C10H4Cl2N4S4/c11-7-9(17-19-15-7)13-5-1-2-6(4-3-5)14-10-8(12)16-20-18-10/h1-4H. The summed E-state index contributed by atoms with van der Waals surface area (Å²) in [7, 11) is 5.52. The Hall–Kier alpha value is -0.640. The molecular formula is C10H4Cl2N4S4. The summed E-state index contributed by atoms with van der Waals surface area (Å²) in [5, 5.41) is 0.874. The molecule has 20 heavy (non-hydrogen) atoms. The molecular weight excluding hydrogens is 375 g/mol. The highest BCUT2D eigenvalue weighted by atomic mass is 35.5. The molecule has 0 unspecified atom stereocenters. The average molecular weight is 379 g/mol. The molecule has 2 aromatic heterocycles. The number of benzene rings is 1. The molecule has 3 rings (SSSR count). The lowest BCUT2D eigenvalue weighted by Crippen LogP contribution is -1.93. The van der Waals surface area contributed by atoms with E-state index in [0.29, 0.717) is 19.6 Å². The first-order valence-electron chi connectivity index (χ1n) is 5.15. The lowest BCUT2D eigenvalue weighted by molar-refractivity contribution is 1.34. The first-order valence-corrected chi connectivity index (χ1v) is 10.1. The van der Waals surface area contributed by atoms with E-state index in [4.69, 9.17) is 23.2 Å². The molecule has 1 aromatic carbocycles. The van der Waals surface area contributed by atoms with E-state index in [0.717, 1.165) is 11.4 Å². The highest BCUT2D eigenvalue weighted by Gasteiger charge is 1.99. The predicted octanol–water partition coefficient (Wildman–Crippen LogP) is 4.49. The number of nitrogens with zero attached hydrogens (tertiary/aromatic N) is 4. The lowest BCUT2D eigenvalue weighted by Gasteiger charge is -1.94. The monoisotopic (exact) mass is 378 g/mol. The van der Waals surface area contributed by atoms with Crippen LogP contribution in [0.4, 0.5) is 11.4 Å². The molecule has 0 spiro atoms. The Kier molecular flexibility index (Phi) is 4.59. The van der Waals surface area contributed by atoms with Gasteiger partial charge in [0.15, 0.2) is 19.6 Å². The van der Waals surface area contributed by atoms with Crippen LogP contribution in [0.1, 0.15) is 0 Å². The maximum absolute atomic E-state index is 5.91. The van der Waals surface area contributed by atoms with Crippen molar-refractivity contribution in [3.63, 3.8) is 0 Å². The molecule has 3 aromatic rings. The van der Waals surface area contributed by atoms with Crippen molar-refractivity contribution < 1.29 is 0 Å². The van der Waals surface area contributed by atoms with Gasteiger partial charge in [-0.1, -0.05) is 23.2 Å². The van der Waals surface area contributed by atoms with Crippen LogP contribution in [0, 0.1) is 0 Å². The molecule has 0 N–H and O–H groups in total. The molecule has 102 valence electrons. The predicted molar refractivity (Wildman–Crippen MR) is 86.9 cm³/mol. The van der Waals surface area contributed by atoms with Crippen molar-refractivity contribution in [2.24, 2.45) is 9.98 Å². The Bertz CT molecular complexity index is 772. The fourth-order valence-corrected chi connectivity index (χ4v) is 5.27. The minimum atomic E-state index is 0.437. The average Bonchev–Trinajstić information content (AvgIpc) is 3.02. The minimum absolute atomic E-state index is 0.437. The smallest absolute Gasteiger partial charge is 0.179 e. The van der Waals surface area contributed by atoms with Crippen LogP contribution in [0.25, 0.3) is 0 Å². The Morgan fingerprint density at radius 2 is 1.15 bits per heavy atom. The van der Waals surface area contributed by atoms with Gasteiger partial charge in [0.2, 0.25) is 0 Å². The molecule has 0 saturated carbocycles. The van der Waals surface area contributed by atoms with E-state index in [2.05, 4.69) is 18.7 Å². The third-order valence-electron chi connectivity index (χ3n) is 2.13. The topological polar surface area (TPSA) is 50.5 Å². The zero-order valence-electron chi connectivity index (χ0n) is 9.49. The normalized spacial score (nSPS) is 13.1. The molecule has 0 amide bonds. The van der Waals surface area contributed by atoms with Crippen molar-refractivity contribution in [1.82, 2.24) is 8.75 Å². The van der Waals surface area contributed by atoms with Crippen molar-refractivity contribution in [1.29, 1.82) is 0 Å². The van der Waals surface area contributed by atoms with Gasteiger partial charge in [-0.05, 0) is 44.9 Å². The Balaban J connectivity index is 1.93. The van der Waals surface area contributed by atoms with Crippen molar-refractivity contribution in [2.75, 3.05) is 0 Å². The minimum Gasteiger partial charge on any atom is -0.234 e. The third kappa shape index (κ3) is 3.33. The molecule has 10 heteroatoms. The number of rotatable bonds is 2. The van der Waals surface area contributed by atoms with Gasteiger partial charge in [0.05, 0.1) is 11.4 Å². The summed E-state index contributed by atoms with van der Waals surface area (Å²) in [5.41, 5.74) is 1.61. The molecule has 0 radical (unpaired) electrons. The second-order valence-corrected chi connectivity index (χ2v) is 7.81. The summed E-state index contributed by atoms with van der Waals surface area (Å²) < 4.78 is 9.40. The molecule has 0 bridgehead atoms. The first-order chi connectivity index (χ1) is 9.72. The number of hydrogen-bond acceptors (Lipinski definition) is 8. The van der Waals surface area contributed by atoms with Crippen LogP contribution >= 0.6 is 65.0 Å². The van der Waals surface area contributed by atoms with Crippen LogP contribution in [0.15, 0.2) is 34.3 Å². The third-order valence-corrected chi connectivity index (χ3v) is 6.47. The highest BCUT2D eigenvalue weighted by molar-refractivity contribution is 7.66.